The maximum atomic E-state index is 13.1. The van der Waals surface area contributed by atoms with Gasteiger partial charge in [0.1, 0.15) is 0 Å². The Morgan fingerprint density at radius 3 is 2.57 bits per heavy atom. The number of aryl methyl sites for hydroxylation is 2. The molecule has 156 valence electrons. The highest BCUT2D eigenvalue weighted by atomic mass is 16.5. The van der Waals surface area contributed by atoms with Crippen molar-refractivity contribution in [2.45, 2.75) is 52.5 Å². The number of aromatic nitrogens is 3. The van der Waals surface area contributed by atoms with Gasteiger partial charge in [0.2, 0.25) is 11.9 Å². The molecule has 3 rings (SSSR count). The number of hydrogen-bond acceptors (Lipinski definition) is 7. The Labute approximate surface area is 167 Å². The van der Waals surface area contributed by atoms with Crippen molar-refractivity contribution in [1.29, 1.82) is 0 Å². The third-order valence-electron chi connectivity index (χ3n) is 6.06. The average molecular weight is 392 g/mol. The van der Waals surface area contributed by atoms with Gasteiger partial charge in [0.25, 0.3) is 0 Å². The molecule has 2 aliphatic heterocycles. The van der Waals surface area contributed by atoms with Crippen molar-refractivity contribution >= 4 is 11.9 Å². The number of hydrogen-bond donors (Lipinski definition) is 1. The molecule has 8 heteroatoms. The fourth-order valence-electron chi connectivity index (χ4n) is 4.18. The minimum Gasteiger partial charge on any atom is -0.384 e. The average Bonchev–Trinajstić information content (AvgIpc) is 3.08. The molecule has 1 N–H and O–H groups in total. The third-order valence-corrected chi connectivity index (χ3v) is 6.06. The van der Waals surface area contributed by atoms with Gasteiger partial charge in [-0.25, -0.2) is 4.98 Å². The second-order valence-electron chi connectivity index (χ2n) is 8.00. The van der Waals surface area contributed by atoms with Crippen molar-refractivity contribution < 1.29 is 14.3 Å². The highest BCUT2D eigenvalue weighted by Gasteiger charge is 2.43. The van der Waals surface area contributed by atoms with Crippen LogP contribution >= 0.6 is 0 Å². The van der Waals surface area contributed by atoms with Crippen LogP contribution in [0.2, 0.25) is 0 Å². The Morgan fingerprint density at radius 1 is 1.21 bits per heavy atom. The van der Waals surface area contributed by atoms with Crippen LogP contribution in [0.3, 0.4) is 0 Å². The molecule has 2 fully saturated rings. The normalized spacial score (nSPS) is 24.4. The summed E-state index contributed by atoms with van der Waals surface area (Å²) in [5.41, 5.74) is 1.48. The monoisotopic (exact) mass is 391 g/mol. The Balaban J connectivity index is 1.69. The lowest BCUT2D eigenvalue weighted by molar-refractivity contribution is -0.142. The minimum absolute atomic E-state index is 0.0589. The molecule has 0 aliphatic carbocycles. The zero-order valence-electron chi connectivity index (χ0n) is 17.5. The number of rotatable bonds is 7. The fourth-order valence-corrected chi connectivity index (χ4v) is 4.18. The molecule has 0 spiro atoms. The molecule has 3 heterocycles. The first kappa shape index (κ1) is 20.9. The molecule has 0 aromatic carbocycles. The summed E-state index contributed by atoms with van der Waals surface area (Å²) in [6.45, 7) is 9.46. The number of methoxy groups -OCH3 is 1. The van der Waals surface area contributed by atoms with Crippen molar-refractivity contribution in [3.05, 3.63) is 11.4 Å². The number of nitrogens with zero attached hydrogens (tertiary/aromatic N) is 4. The van der Waals surface area contributed by atoms with Gasteiger partial charge in [-0.1, -0.05) is 20.8 Å². The van der Waals surface area contributed by atoms with Crippen molar-refractivity contribution in [2.75, 3.05) is 44.9 Å². The highest BCUT2D eigenvalue weighted by molar-refractivity contribution is 5.83. The summed E-state index contributed by atoms with van der Waals surface area (Å²) in [6, 6.07) is 0.0589. The standard InChI is InChI=1S/C20H33N5O3/c1-5-15-16(6-2)23-24-19(22-15)25-11-14(3)17(12-25)21-18(26)20(13-27-4)7-9-28-10-8-20/h14,17H,5-13H2,1-4H3,(H,21,26). The van der Waals surface area contributed by atoms with E-state index in [-0.39, 0.29) is 11.9 Å². The predicted molar refractivity (Wildman–Crippen MR) is 106 cm³/mol. The van der Waals surface area contributed by atoms with Crippen LogP contribution in [0.15, 0.2) is 0 Å². The number of carbonyl (C=O) groups excluding carboxylic acids is 1. The van der Waals surface area contributed by atoms with Gasteiger partial charge in [0.05, 0.1) is 29.5 Å². The smallest absolute Gasteiger partial charge is 0.245 e. The van der Waals surface area contributed by atoms with Gasteiger partial charge in [-0.3, -0.25) is 4.79 Å². The first-order valence-electron chi connectivity index (χ1n) is 10.4. The van der Waals surface area contributed by atoms with Crippen LogP contribution in [-0.2, 0) is 27.1 Å². The van der Waals surface area contributed by atoms with Crippen LogP contribution in [0.4, 0.5) is 5.95 Å². The summed E-state index contributed by atoms with van der Waals surface area (Å²) >= 11 is 0. The third kappa shape index (κ3) is 4.27. The topological polar surface area (TPSA) is 89.5 Å². The van der Waals surface area contributed by atoms with E-state index in [1.807, 2.05) is 0 Å². The summed E-state index contributed by atoms with van der Waals surface area (Å²) in [7, 11) is 1.65. The number of amides is 1. The summed E-state index contributed by atoms with van der Waals surface area (Å²) in [5, 5.41) is 12.0. The van der Waals surface area contributed by atoms with Gasteiger partial charge in [-0.05, 0) is 31.6 Å². The van der Waals surface area contributed by atoms with Crippen molar-refractivity contribution in [3.8, 4) is 0 Å². The molecule has 1 aromatic rings. The van der Waals surface area contributed by atoms with Gasteiger partial charge in [0.15, 0.2) is 0 Å². The second-order valence-corrected chi connectivity index (χ2v) is 8.00. The molecule has 2 atom stereocenters. The van der Waals surface area contributed by atoms with E-state index in [2.05, 4.69) is 41.2 Å². The molecular formula is C20H33N5O3. The first-order valence-corrected chi connectivity index (χ1v) is 10.4. The van der Waals surface area contributed by atoms with Crippen LogP contribution in [-0.4, -0.2) is 67.2 Å². The van der Waals surface area contributed by atoms with Gasteiger partial charge >= 0.3 is 0 Å². The largest absolute Gasteiger partial charge is 0.384 e. The molecule has 2 saturated heterocycles. The highest BCUT2D eigenvalue weighted by Crippen LogP contribution is 2.32. The lowest BCUT2D eigenvalue weighted by Crippen LogP contribution is -2.52. The van der Waals surface area contributed by atoms with Crippen molar-refractivity contribution in [2.24, 2.45) is 11.3 Å². The Kier molecular flexibility index (Phi) is 6.82. The van der Waals surface area contributed by atoms with Crippen molar-refractivity contribution in [3.63, 3.8) is 0 Å². The summed E-state index contributed by atoms with van der Waals surface area (Å²) in [6.07, 6.45) is 3.08. The predicted octanol–water partition coefficient (Wildman–Crippen LogP) is 1.38. The first-order chi connectivity index (χ1) is 13.5. The van der Waals surface area contributed by atoms with Gasteiger partial charge in [0, 0.05) is 33.4 Å². The number of ether oxygens (including phenoxy) is 2. The quantitative estimate of drug-likeness (QED) is 0.751. The zero-order valence-corrected chi connectivity index (χ0v) is 17.5. The van der Waals surface area contributed by atoms with E-state index in [1.54, 1.807) is 7.11 Å². The Morgan fingerprint density at radius 2 is 1.93 bits per heavy atom. The molecule has 0 radical (unpaired) electrons. The second kappa shape index (κ2) is 9.13. The molecule has 0 bridgehead atoms. The molecule has 28 heavy (non-hydrogen) atoms. The molecule has 2 unspecified atom stereocenters. The molecular weight excluding hydrogens is 358 g/mol. The van der Waals surface area contributed by atoms with E-state index < -0.39 is 5.41 Å². The summed E-state index contributed by atoms with van der Waals surface area (Å²) < 4.78 is 10.8. The lowest BCUT2D eigenvalue weighted by Gasteiger charge is -2.36. The molecule has 1 amide bonds. The van der Waals surface area contributed by atoms with E-state index in [0.29, 0.717) is 51.1 Å². The van der Waals surface area contributed by atoms with E-state index in [9.17, 15) is 4.79 Å². The van der Waals surface area contributed by atoms with Crippen LogP contribution in [0, 0.1) is 11.3 Å². The lowest BCUT2D eigenvalue weighted by atomic mass is 9.79. The van der Waals surface area contributed by atoms with Crippen LogP contribution in [0.1, 0.15) is 45.0 Å². The minimum atomic E-state index is -0.490. The summed E-state index contributed by atoms with van der Waals surface area (Å²) in [5.74, 6) is 1.05. The molecule has 0 saturated carbocycles. The molecule has 1 aromatic heterocycles. The Bertz CT molecular complexity index is 672. The zero-order chi connectivity index (χ0) is 20.1. The summed E-state index contributed by atoms with van der Waals surface area (Å²) in [4.78, 5) is 20.0. The van der Waals surface area contributed by atoms with Gasteiger partial charge in [-0.2, -0.15) is 5.10 Å². The number of anilines is 1. The van der Waals surface area contributed by atoms with Gasteiger partial charge < -0.3 is 19.7 Å². The van der Waals surface area contributed by atoms with E-state index in [1.165, 1.54) is 0 Å². The fraction of sp³-hybridized carbons (Fsp3) is 0.800. The number of nitrogens with one attached hydrogen (secondary N) is 1. The maximum absolute atomic E-state index is 13.1. The van der Waals surface area contributed by atoms with Crippen molar-refractivity contribution in [1.82, 2.24) is 20.5 Å². The molecule has 2 aliphatic rings. The molecule has 8 nitrogen and oxygen atoms in total. The van der Waals surface area contributed by atoms with Crippen LogP contribution in [0.5, 0.6) is 0 Å². The maximum Gasteiger partial charge on any atom is 0.245 e. The SMILES string of the molecule is CCc1nnc(N2CC(C)C(NC(=O)C3(COC)CCOCC3)C2)nc1CC. The van der Waals surface area contributed by atoms with Gasteiger partial charge in [-0.15, -0.1) is 5.10 Å². The number of carbonyl (C=O) groups is 1. The Hall–Kier alpha value is -1.80. The van der Waals surface area contributed by atoms with Crippen LogP contribution in [0.25, 0.3) is 0 Å². The van der Waals surface area contributed by atoms with Crippen LogP contribution < -0.4 is 10.2 Å². The van der Waals surface area contributed by atoms with E-state index in [4.69, 9.17) is 14.5 Å². The van der Waals surface area contributed by atoms with E-state index >= 15 is 0 Å². The van der Waals surface area contributed by atoms with E-state index in [0.717, 1.165) is 30.8 Å².